The number of hydrogen-bond donors (Lipinski definition) is 0. The highest BCUT2D eigenvalue weighted by molar-refractivity contribution is 7.88. The van der Waals surface area contributed by atoms with E-state index in [2.05, 4.69) is 5.16 Å². The lowest BCUT2D eigenvalue weighted by Crippen LogP contribution is -2.44. The zero-order valence-corrected chi connectivity index (χ0v) is 11.8. The Balaban J connectivity index is 1.62. The molecule has 1 unspecified atom stereocenters. The van der Waals surface area contributed by atoms with E-state index in [9.17, 15) is 8.42 Å². The van der Waals surface area contributed by atoms with Gasteiger partial charge in [0.2, 0.25) is 10.0 Å². The maximum atomic E-state index is 11.8. The van der Waals surface area contributed by atoms with Crippen LogP contribution in [0.5, 0.6) is 0 Å². The molecule has 2 heterocycles. The standard InChI is InChI=1S/C13H16N2O4S/c16-20(17)10-18-7-6-15(20)9-12-8-13(14-19-12)11-4-2-1-3-5-11/h1-5,12H,6-10H2. The van der Waals surface area contributed by atoms with Crippen LogP contribution in [-0.4, -0.2) is 50.2 Å². The number of oxime groups is 1. The van der Waals surface area contributed by atoms with E-state index in [0.29, 0.717) is 26.1 Å². The van der Waals surface area contributed by atoms with E-state index in [1.807, 2.05) is 30.3 Å². The Bertz CT molecular complexity index is 600. The Morgan fingerprint density at radius 2 is 2.10 bits per heavy atom. The molecule has 2 aliphatic rings. The van der Waals surface area contributed by atoms with Crippen LogP contribution < -0.4 is 0 Å². The highest BCUT2D eigenvalue weighted by Gasteiger charge is 2.32. The molecular formula is C13H16N2O4S. The fourth-order valence-electron chi connectivity index (χ4n) is 2.30. The van der Waals surface area contributed by atoms with Crippen molar-refractivity contribution in [2.24, 2.45) is 5.16 Å². The van der Waals surface area contributed by atoms with Crippen molar-refractivity contribution in [2.75, 3.05) is 25.6 Å². The van der Waals surface area contributed by atoms with Gasteiger partial charge < -0.3 is 9.57 Å². The summed E-state index contributed by atoms with van der Waals surface area (Å²) < 4.78 is 30.1. The molecule has 0 aliphatic carbocycles. The Morgan fingerprint density at radius 3 is 2.85 bits per heavy atom. The second-order valence-electron chi connectivity index (χ2n) is 4.83. The third-order valence-electron chi connectivity index (χ3n) is 3.36. The van der Waals surface area contributed by atoms with Gasteiger partial charge in [-0.15, -0.1) is 0 Å². The Hall–Kier alpha value is -1.44. The third-order valence-corrected chi connectivity index (χ3v) is 4.94. The molecule has 1 atom stereocenters. The average Bonchev–Trinajstić information content (AvgIpc) is 2.91. The topological polar surface area (TPSA) is 68.2 Å². The molecular weight excluding hydrogens is 280 g/mol. The summed E-state index contributed by atoms with van der Waals surface area (Å²) >= 11 is 0. The Kier molecular flexibility index (Phi) is 3.73. The monoisotopic (exact) mass is 296 g/mol. The predicted molar refractivity (Wildman–Crippen MR) is 73.8 cm³/mol. The Labute approximate surface area is 118 Å². The molecule has 0 spiro atoms. The number of benzene rings is 1. The van der Waals surface area contributed by atoms with Gasteiger partial charge in [-0.3, -0.25) is 0 Å². The molecule has 20 heavy (non-hydrogen) atoms. The maximum Gasteiger partial charge on any atom is 0.238 e. The molecule has 3 rings (SSSR count). The number of rotatable bonds is 3. The zero-order valence-electron chi connectivity index (χ0n) is 10.9. The summed E-state index contributed by atoms with van der Waals surface area (Å²) in [6, 6.07) is 9.76. The minimum absolute atomic E-state index is 0.224. The summed E-state index contributed by atoms with van der Waals surface area (Å²) in [5.74, 6) is -0.244. The molecule has 0 bridgehead atoms. The largest absolute Gasteiger partial charge is 0.390 e. The quantitative estimate of drug-likeness (QED) is 0.827. The molecule has 0 amide bonds. The molecule has 108 valence electrons. The van der Waals surface area contributed by atoms with Gasteiger partial charge in [-0.05, 0) is 5.56 Å². The summed E-state index contributed by atoms with van der Waals surface area (Å²) in [5.41, 5.74) is 1.88. The molecule has 1 saturated heterocycles. The first kappa shape index (κ1) is 13.5. The van der Waals surface area contributed by atoms with Gasteiger partial charge in [0.1, 0.15) is 6.10 Å². The molecule has 0 radical (unpaired) electrons. The molecule has 1 fully saturated rings. The predicted octanol–water partition coefficient (Wildman–Crippen LogP) is 0.799. The van der Waals surface area contributed by atoms with Gasteiger partial charge in [0.05, 0.1) is 18.9 Å². The zero-order chi connectivity index (χ0) is 14.0. The van der Waals surface area contributed by atoms with E-state index in [1.54, 1.807) is 0 Å². The van der Waals surface area contributed by atoms with Gasteiger partial charge in [-0.25, -0.2) is 8.42 Å². The average molecular weight is 296 g/mol. The van der Waals surface area contributed by atoms with E-state index < -0.39 is 10.0 Å². The van der Waals surface area contributed by atoms with E-state index >= 15 is 0 Å². The van der Waals surface area contributed by atoms with Crippen LogP contribution in [0, 0.1) is 0 Å². The van der Waals surface area contributed by atoms with Gasteiger partial charge in [0, 0.05) is 13.0 Å². The third kappa shape index (κ3) is 2.84. The van der Waals surface area contributed by atoms with Crippen LogP contribution in [-0.2, 0) is 19.6 Å². The van der Waals surface area contributed by atoms with Crippen molar-refractivity contribution in [3.05, 3.63) is 35.9 Å². The Morgan fingerprint density at radius 1 is 1.30 bits per heavy atom. The second kappa shape index (κ2) is 5.51. The minimum atomic E-state index is -3.31. The minimum Gasteiger partial charge on any atom is -0.390 e. The summed E-state index contributed by atoms with van der Waals surface area (Å²) in [6.45, 7) is 1.13. The first-order valence-electron chi connectivity index (χ1n) is 6.49. The highest BCUT2D eigenvalue weighted by atomic mass is 32.2. The molecule has 1 aromatic rings. The van der Waals surface area contributed by atoms with Gasteiger partial charge in [0.15, 0.2) is 5.94 Å². The fourth-order valence-corrected chi connectivity index (χ4v) is 3.53. The van der Waals surface area contributed by atoms with Gasteiger partial charge in [-0.1, -0.05) is 35.5 Å². The van der Waals surface area contributed by atoms with E-state index in [4.69, 9.17) is 9.57 Å². The van der Waals surface area contributed by atoms with Crippen LogP contribution in [0.3, 0.4) is 0 Å². The van der Waals surface area contributed by atoms with Gasteiger partial charge >= 0.3 is 0 Å². The van der Waals surface area contributed by atoms with Gasteiger partial charge in [-0.2, -0.15) is 4.31 Å². The van der Waals surface area contributed by atoms with Crippen molar-refractivity contribution < 1.29 is 18.0 Å². The molecule has 0 aromatic heterocycles. The molecule has 6 nitrogen and oxygen atoms in total. The number of sulfonamides is 1. The van der Waals surface area contributed by atoms with E-state index in [1.165, 1.54) is 4.31 Å². The number of nitrogens with zero attached hydrogens (tertiary/aromatic N) is 2. The molecule has 1 aromatic carbocycles. The summed E-state index contributed by atoms with van der Waals surface area (Å²) in [6.07, 6.45) is 0.398. The van der Waals surface area contributed by atoms with Crippen LogP contribution in [0.1, 0.15) is 12.0 Å². The highest BCUT2D eigenvalue weighted by Crippen LogP contribution is 2.19. The van der Waals surface area contributed by atoms with Crippen molar-refractivity contribution in [3.8, 4) is 0 Å². The van der Waals surface area contributed by atoms with E-state index in [0.717, 1.165) is 11.3 Å². The first-order valence-corrected chi connectivity index (χ1v) is 8.10. The van der Waals surface area contributed by atoms with Crippen LogP contribution in [0.15, 0.2) is 35.5 Å². The summed E-state index contributed by atoms with van der Waals surface area (Å²) in [7, 11) is -3.31. The number of hydrogen-bond acceptors (Lipinski definition) is 5. The van der Waals surface area contributed by atoms with Crippen molar-refractivity contribution in [1.29, 1.82) is 0 Å². The van der Waals surface area contributed by atoms with Gasteiger partial charge in [0.25, 0.3) is 0 Å². The molecule has 2 aliphatic heterocycles. The van der Waals surface area contributed by atoms with Crippen LogP contribution in [0.2, 0.25) is 0 Å². The fraction of sp³-hybridized carbons (Fsp3) is 0.462. The summed E-state index contributed by atoms with van der Waals surface area (Å²) in [5, 5.41) is 4.06. The van der Waals surface area contributed by atoms with Crippen molar-refractivity contribution >= 4 is 15.7 Å². The lowest BCUT2D eigenvalue weighted by atomic mass is 10.1. The lowest BCUT2D eigenvalue weighted by Gasteiger charge is -2.27. The van der Waals surface area contributed by atoms with Crippen molar-refractivity contribution in [1.82, 2.24) is 4.31 Å². The first-order chi connectivity index (χ1) is 9.65. The van der Waals surface area contributed by atoms with E-state index in [-0.39, 0.29) is 12.0 Å². The maximum absolute atomic E-state index is 11.8. The van der Waals surface area contributed by atoms with Crippen LogP contribution in [0.4, 0.5) is 0 Å². The molecule has 0 N–H and O–H groups in total. The summed E-state index contributed by atoms with van der Waals surface area (Å²) in [4.78, 5) is 5.36. The number of ether oxygens (including phenoxy) is 1. The van der Waals surface area contributed by atoms with Crippen molar-refractivity contribution in [2.45, 2.75) is 12.5 Å². The molecule has 7 heteroatoms. The second-order valence-corrected chi connectivity index (χ2v) is 6.75. The van der Waals surface area contributed by atoms with Crippen molar-refractivity contribution in [3.63, 3.8) is 0 Å². The normalized spacial score (nSPS) is 26.0. The lowest BCUT2D eigenvalue weighted by molar-refractivity contribution is 0.0565. The molecule has 0 saturated carbocycles. The van der Waals surface area contributed by atoms with Crippen LogP contribution >= 0.6 is 0 Å². The smallest absolute Gasteiger partial charge is 0.238 e. The van der Waals surface area contributed by atoms with Crippen LogP contribution in [0.25, 0.3) is 0 Å². The SMILES string of the molecule is O=S1(=O)COCCN1CC1CC(c2ccccc2)=NO1.